The lowest BCUT2D eigenvalue weighted by molar-refractivity contribution is -0.142. The number of amides is 1. The minimum atomic E-state index is -0.354. The Morgan fingerprint density at radius 2 is 2.03 bits per heavy atom. The highest BCUT2D eigenvalue weighted by molar-refractivity contribution is 8.00. The SMILES string of the molecule is CCOC(=O)Cc1csc(NC(=O)CSc2nc3c(C)ccc(C)c3cc2C#N)n1. The van der Waals surface area contributed by atoms with Crippen LogP contribution in [0.15, 0.2) is 28.6 Å². The Kier molecular flexibility index (Phi) is 7.03. The first-order valence-corrected chi connectivity index (χ1v) is 11.1. The average Bonchev–Trinajstić information content (AvgIpc) is 3.15. The topological polar surface area (TPSA) is 105 Å². The number of hydrogen-bond acceptors (Lipinski definition) is 8. The summed E-state index contributed by atoms with van der Waals surface area (Å²) >= 11 is 2.45. The fraction of sp³-hybridized carbons (Fsp3) is 0.286. The molecule has 0 saturated carbocycles. The molecule has 0 aliphatic carbocycles. The molecular weight excluding hydrogens is 420 g/mol. The largest absolute Gasteiger partial charge is 0.466 e. The summed E-state index contributed by atoms with van der Waals surface area (Å²) in [4.78, 5) is 32.7. The molecule has 9 heteroatoms. The number of carbonyl (C=O) groups is 2. The summed E-state index contributed by atoms with van der Waals surface area (Å²) < 4.78 is 4.89. The van der Waals surface area contributed by atoms with Crippen LogP contribution in [0.5, 0.6) is 0 Å². The molecule has 0 spiro atoms. The minimum absolute atomic E-state index is 0.0697. The van der Waals surface area contributed by atoms with Crippen molar-refractivity contribution in [1.82, 2.24) is 9.97 Å². The smallest absolute Gasteiger partial charge is 0.311 e. The van der Waals surface area contributed by atoms with Crippen molar-refractivity contribution in [2.45, 2.75) is 32.2 Å². The minimum Gasteiger partial charge on any atom is -0.466 e. The molecule has 0 bridgehead atoms. The highest BCUT2D eigenvalue weighted by Crippen LogP contribution is 2.28. The van der Waals surface area contributed by atoms with Crippen molar-refractivity contribution in [3.8, 4) is 6.07 Å². The van der Waals surface area contributed by atoms with Crippen molar-refractivity contribution in [1.29, 1.82) is 5.26 Å². The normalized spacial score (nSPS) is 10.6. The van der Waals surface area contributed by atoms with E-state index in [9.17, 15) is 14.9 Å². The predicted octanol–water partition coefficient (Wildman–Crippen LogP) is 4.02. The number of ether oxygens (including phenoxy) is 1. The van der Waals surface area contributed by atoms with Gasteiger partial charge < -0.3 is 10.1 Å². The van der Waals surface area contributed by atoms with Gasteiger partial charge in [0.25, 0.3) is 0 Å². The molecule has 1 aromatic carbocycles. The Morgan fingerprint density at radius 3 is 2.77 bits per heavy atom. The number of aryl methyl sites for hydroxylation is 2. The van der Waals surface area contributed by atoms with Crippen LogP contribution < -0.4 is 5.32 Å². The van der Waals surface area contributed by atoms with Crippen LogP contribution in [-0.2, 0) is 20.7 Å². The lowest BCUT2D eigenvalue weighted by atomic mass is 10.0. The first-order chi connectivity index (χ1) is 14.4. The molecule has 0 aliphatic heterocycles. The molecule has 0 fully saturated rings. The third-order valence-electron chi connectivity index (χ3n) is 4.26. The number of hydrogen-bond donors (Lipinski definition) is 1. The number of fused-ring (bicyclic) bond motifs is 1. The maximum Gasteiger partial charge on any atom is 0.311 e. The van der Waals surface area contributed by atoms with Gasteiger partial charge in [-0.3, -0.25) is 9.59 Å². The molecule has 0 atom stereocenters. The van der Waals surface area contributed by atoms with Crippen LogP contribution in [0.2, 0.25) is 0 Å². The van der Waals surface area contributed by atoms with Gasteiger partial charge in [0.1, 0.15) is 11.1 Å². The number of rotatable bonds is 7. The van der Waals surface area contributed by atoms with E-state index in [4.69, 9.17) is 4.74 Å². The van der Waals surface area contributed by atoms with Gasteiger partial charge in [0.15, 0.2) is 5.13 Å². The summed E-state index contributed by atoms with van der Waals surface area (Å²) in [6, 6.07) is 8.00. The zero-order chi connectivity index (χ0) is 21.7. The third-order valence-corrected chi connectivity index (χ3v) is 6.06. The lowest BCUT2D eigenvalue weighted by Gasteiger charge is -2.09. The van der Waals surface area contributed by atoms with Gasteiger partial charge in [0.05, 0.1) is 35.6 Å². The van der Waals surface area contributed by atoms with Crippen molar-refractivity contribution in [3.63, 3.8) is 0 Å². The molecule has 30 heavy (non-hydrogen) atoms. The zero-order valence-electron chi connectivity index (χ0n) is 16.8. The van der Waals surface area contributed by atoms with Crippen LogP contribution in [0.1, 0.15) is 29.3 Å². The lowest BCUT2D eigenvalue weighted by Crippen LogP contribution is -2.14. The quantitative estimate of drug-likeness (QED) is 0.437. The summed E-state index contributed by atoms with van der Waals surface area (Å²) in [7, 11) is 0. The number of aromatic nitrogens is 2. The van der Waals surface area contributed by atoms with Gasteiger partial charge in [0, 0.05) is 10.8 Å². The van der Waals surface area contributed by atoms with Crippen LogP contribution in [-0.4, -0.2) is 34.2 Å². The van der Waals surface area contributed by atoms with E-state index in [1.54, 1.807) is 12.3 Å². The van der Waals surface area contributed by atoms with E-state index in [-0.39, 0.29) is 24.1 Å². The van der Waals surface area contributed by atoms with E-state index in [2.05, 4.69) is 21.4 Å². The first-order valence-electron chi connectivity index (χ1n) is 9.25. The van der Waals surface area contributed by atoms with Crippen molar-refractivity contribution < 1.29 is 14.3 Å². The molecule has 1 amide bonds. The number of nitrogens with zero attached hydrogens (tertiary/aromatic N) is 3. The molecule has 0 radical (unpaired) electrons. The predicted molar refractivity (Wildman–Crippen MR) is 118 cm³/mol. The second kappa shape index (κ2) is 9.69. The summed E-state index contributed by atoms with van der Waals surface area (Å²) in [6.07, 6.45) is 0.0697. The van der Waals surface area contributed by atoms with Gasteiger partial charge >= 0.3 is 5.97 Å². The van der Waals surface area contributed by atoms with Crippen LogP contribution in [0, 0.1) is 25.2 Å². The van der Waals surface area contributed by atoms with E-state index in [1.165, 1.54) is 23.1 Å². The number of thiazole rings is 1. The average molecular weight is 441 g/mol. The number of anilines is 1. The fourth-order valence-electron chi connectivity index (χ4n) is 2.80. The van der Waals surface area contributed by atoms with Crippen LogP contribution in [0.4, 0.5) is 5.13 Å². The molecule has 2 aromatic heterocycles. The van der Waals surface area contributed by atoms with Gasteiger partial charge in [-0.25, -0.2) is 9.97 Å². The van der Waals surface area contributed by atoms with Gasteiger partial charge in [-0.1, -0.05) is 23.9 Å². The Bertz CT molecular complexity index is 1150. The van der Waals surface area contributed by atoms with E-state index < -0.39 is 0 Å². The van der Waals surface area contributed by atoms with Crippen molar-refractivity contribution in [2.75, 3.05) is 17.7 Å². The summed E-state index contributed by atoms with van der Waals surface area (Å²) in [5.74, 6) is -0.526. The second-order valence-corrected chi connectivity index (χ2v) is 8.33. The van der Waals surface area contributed by atoms with Crippen molar-refractivity contribution in [2.24, 2.45) is 0 Å². The van der Waals surface area contributed by atoms with E-state index >= 15 is 0 Å². The molecular formula is C21H20N4O3S2. The van der Waals surface area contributed by atoms with Crippen LogP contribution in [0.25, 0.3) is 10.9 Å². The molecule has 7 nitrogen and oxygen atoms in total. The number of esters is 1. The fourth-order valence-corrected chi connectivity index (χ4v) is 4.28. The zero-order valence-corrected chi connectivity index (χ0v) is 18.4. The number of benzene rings is 1. The Hall–Kier alpha value is -2.96. The number of carbonyl (C=O) groups excluding carboxylic acids is 2. The Labute approximate surface area is 182 Å². The van der Waals surface area contributed by atoms with Crippen molar-refractivity contribution in [3.05, 3.63) is 46.0 Å². The molecule has 2 heterocycles. The highest BCUT2D eigenvalue weighted by atomic mass is 32.2. The number of pyridine rings is 1. The summed E-state index contributed by atoms with van der Waals surface area (Å²) in [6.45, 7) is 6.01. The molecule has 3 rings (SSSR count). The van der Waals surface area contributed by atoms with E-state index in [0.29, 0.717) is 28.0 Å². The Morgan fingerprint density at radius 1 is 1.27 bits per heavy atom. The summed E-state index contributed by atoms with van der Waals surface area (Å²) in [5.41, 5.74) is 3.90. The monoisotopic (exact) mass is 440 g/mol. The molecule has 3 aromatic rings. The van der Waals surface area contributed by atoms with E-state index in [1.807, 2.05) is 32.0 Å². The van der Waals surface area contributed by atoms with Gasteiger partial charge in [-0.05, 0) is 38.0 Å². The van der Waals surface area contributed by atoms with Gasteiger partial charge in [-0.15, -0.1) is 11.3 Å². The second-order valence-electron chi connectivity index (χ2n) is 6.51. The number of nitrogens with one attached hydrogen (secondary N) is 1. The maximum absolute atomic E-state index is 12.3. The molecule has 0 aliphatic rings. The molecule has 0 saturated heterocycles. The first kappa shape index (κ1) is 21.7. The number of thioether (sulfide) groups is 1. The van der Waals surface area contributed by atoms with Crippen LogP contribution >= 0.6 is 23.1 Å². The third kappa shape index (κ3) is 5.14. The maximum atomic E-state index is 12.3. The standard InChI is InChI=1S/C21H20N4O3S2/c1-4-28-18(27)8-15-10-30-21(23-15)24-17(26)11-29-20-14(9-22)7-16-12(2)5-6-13(3)19(16)25-20/h5-7,10H,4,8,11H2,1-3H3,(H,23,24,26). The van der Waals surface area contributed by atoms with Crippen molar-refractivity contribution >= 4 is 51.0 Å². The molecule has 1 N–H and O–H groups in total. The van der Waals surface area contributed by atoms with Gasteiger partial charge in [0.2, 0.25) is 5.91 Å². The molecule has 0 unspecified atom stereocenters. The summed E-state index contributed by atoms with van der Waals surface area (Å²) in [5, 5.41) is 15.8. The van der Waals surface area contributed by atoms with Gasteiger partial charge in [-0.2, -0.15) is 5.26 Å². The van der Waals surface area contributed by atoms with Crippen LogP contribution in [0.3, 0.4) is 0 Å². The molecule has 154 valence electrons. The van der Waals surface area contributed by atoms with E-state index in [0.717, 1.165) is 22.0 Å². The Balaban J connectivity index is 1.67. The highest BCUT2D eigenvalue weighted by Gasteiger charge is 2.14. The number of nitriles is 1.